The highest BCUT2D eigenvalue weighted by Crippen LogP contribution is 2.43. The monoisotopic (exact) mass is 947 g/mol. The van der Waals surface area contributed by atoms with E-state index in [4.69, 9.17) is 33.2 Å². The predicted molar refractivity (Wildman–Crippen MR) is 252 cm³/mol. The standard InChI is InChI=1S/C51H69N3O12S/c1-12-53(10)40-24-31(3)62-48(43(40)57)65-46-33(5)44(64-41(55)25-36-16-14-20-52-28-36)34(6)47(58)63-35(7)51(9)45(32(4)42(56)30(2)27-50(46,8)60-11)54(49(59)66-51)21-15-22-61-39-18-13-17-37(26-39)38-19-23-67-29-38/h12-14,16-20,23,26,28-35,40,43-46,48,57H,1,15,21-22,24-25,27H2,2-11H3/t30-,31-,32+,33+,34-,35-,40+,43-,44+,45+,46-,48?,50-,51-/m1/s1. The van der Waals surface area contributed by atoms with Crippen molar-refractivity contribution in [2.75, 3.05) is 27.3 Å². The molecule has 1 N–H and O–H groups in total. The van der Waals surface area contributed by atoms with Gasteiger partial charge >= 0.3 is 18.0 Å². The van der Waals surface area contributed by atoms with Gasteiger partial charge in [-0.1, -0.05) is 45.5 Å². The average Bonchev–Trinajstić information content (AvgIpc) is 3.95. The molecule has 3 fully saturated rings. The largest absolute Gasteiger partial charge is 0.494 e. The van der Waals surface area contributed by atoms with E-state index in [-0.39, 0.29) is 37.9 Å². The minimum absolute atomic E-state index is 0.0945. The second kappa shape index (κ2) is 22.0. The summed E-state index contributed by atoms with van der Waals surface area (Å²) >= 11 is 1.62. The Morgan fingerprint density at radius 3 is 2.49 bits per heavy atom. The van der Waals surface area contributed by atoms with E-state index in [1.165, 1.54) is 7.11 Å². The van der Waals surface area contributed by atoms with E-state index < -0.39 is 95.7 Å². The van der Waals surface area contributed by atoms with E-state index in [0.717, 1.165) is 11.1 Å². The first-order valence-electron chi connectivity index (χ1n) is 23.3. The summed E-state index contributed by atoms with van der Waals surface area (Å²) in [6.07, 6.45) is -0.998. The van der Waals surface area contributed by atoms with E-state index in [9.17, 15) is 24.3 Å². The summed E-state index contributed by atoms with van der Waals surface area (Å²) in [5, 5.41) is 15.9. The Hall–Kier alpha value is -4.87. The molecule has 5 heterocycles. The molecule has 16 heteroatoms. The lowest BCUT2D eigenvalue weighted by Gasteiger charge is -2.48. The number of cyclic esters (lactones) is 1. The molecular formula is C51H69N3O12S. The molecule has 0 aliphatic carbocycles. The van der Waals surface area contributed by atoms with E-state index >= 15 is 0 Å². The quantitative estimate of drug-likeness (QED) is 0.0957. The van der Waals surface area contributed by atoms with Crippen LogP contribution in [0.15, 0.2) is 78.4 Å². The lowest BCUT2D eigenvalue weighted by atomic mass is 9.73. The van der Waals surface area contributed by atoms with E-state index in [0.29, 0.717) is 24.2 Å². The smallest absolute Gasteiger partial charge is 0.410 e. The van der Waals surface area contributed by atoms with Gasteiger partial charge in [-0.15, -0.1) is 0 Å². The summed E-state index contributed by atoms with van der Waals surface area (Å²) in [5.41, 5.74) is -0.0703. The zero-order valence-corrected chi connectivity index (χ0v) is 41.3. The number of thiophene rings is 1. The minimum Gasteiger partial charge on any atom is -0.494 e. The fraction of sp³-hybridized carbons (Fsp3) is 0.588. The van der Waals surface area contributed by atoms with E-state index in [1.54, 1.807) is 88.5 Å². The Morgan fingerprint density at radius 1 is 1.06 bits per heavy atom. The molecule has 3 aliphatic rings. The van der Waals surface area contributed by atoms with Crippen LogP contribution < -0.4 is 4.74 Å². The van der Waals surface area contributed by atoms with Gasteiger partial charge in [0.2, 0.25) is 0 Å². The number of hydrogen-bond donors (Lipinski definition) is 1. The Balaban J connectivity index is 1.34. The van der Waals surface area contributed by atoms with Crippen molar-refractivity contribution in [1.29, 1.82) is 0 Å². The number of esters is 2. The molecule has 3 saturated heterocycles. The topological polar surface area (TPSA) is 172 Å². The Kier molecular flexibility index (Phi) is 17.0. The van der Waals surface area contributed by atoms with Crippen LogP contribution in [0.25, 0.3) is 11.1 Å². The summed E-state index contributed by atoms with van der Waals surface area (Å²) in [6, 6.07) is 12.0. The van der Waals surface area contributed by atoms with Crippen molar-refractivity contribution in [3.63, 3.8) is 0 Å². The summed E-state index contributed by atoms with van der Waals surface area (Å²) < 4.78 is 44.4. The van der Waals surface area contributed by atoms with Crippen molar-refractivity contribution >= 4 is 35.2 Å². The number of nitrogens with zero attached hydrogens (tertiary/aromatic N) is 3. The van der Waals surface area contributed by atoms with Crippen LogP contribution in [0.4, 0.5) is 4.79 Å². The fourth-order valence-corrected chi connectivity index (χ4v) is 10.8. The summed E-state index contributed by atoms with van der Waals surface area (Å²) in [7, 11) is 3.32. The molecule has 3 aromatic rings. The third kappa shape index (κ3) is 11.5. The second-order valence-electron chi connectivity index (χ2n) is 19.0. The number of benzene rings is 1. The lowest BCUT2D eigenvalue weighted by Crippen LogP contribution is -2.60. The zero-order valence-electron chi connectivity index (χ0n) is 40.5. The molecular weight excluding hydrogens is 879 g/mol. The Morgan fingerprint density at radius 2 is 1.82 bits per heavy atom. The van der Waals surface area contributed by atoms with Crippen LogP contribution in [0.1, 0.15) is 80.2 Å². The van der Waals surface area contributed by atoms with Crippen molar-refractivity contribution in [3.05, 3.63) is 84.0 Å². The summed E-state index contributed by atoms with van der Waals surface area (Å²) in [4.78, 5) is 64.9. The van der Waals surface area contributed by atoms with Gasteiger partial charge in [-0.3, -0.25) is 19.4 Å². The van der Waals surface area contributed by atoms with Gasteiger partial charge in [0, 0.05) is 50.8 Å². The molecule has 1 aromatic carbocycles. The van der Waals surface area contributed by atoms with Gasteiger partial charge in [-0.25, -0.2) is 4.79 Å². The number of aromatic nitrogens is 1. The molecule has 67 heavy (non-hydrogen) atoms. The maximum Gasteiger partial charge on any atom is 0.410 e. The highest BCUT2D eigenvalue weighted by molar-refractivity contribution is 7.08. The molecule has 1 unspecified atom stereocenters. The molecule has 1 amide bonds. The third-order valence-electron chi connectivity index (χ3n) is 14.2. The van der Waals surface area contributed by atoms with Gasteiger partial charge in [0.1, 0.15) is 29.8 Å². The lowest BCUT2D eigenvalue weighted by molar-refractivity contribution is -0.301. The Bertz CT molecular complexity index is 2160. The number of fused-ring (bicyclic) bond motifs is 1. The molecule has 0 saturated carbocycles. The van der Waals surface area contributed by atoms with Gasteiger partial charge in [-0.05, 0) is 112 Å². The first-order chi connectivity index (χ1) is 31.8. The van der Waals surface area contributed by atoms with Gasteiger partial charge in [0.25, 0.3) is 0 Å². The van der Waals surface area contributed by atoms with Crippen molar-refractivity contribution in [2.45, 2.75) is 141 Å². The van der Waals surface area contributed by atoms with Crippen LogP contribution >= 0.6 is 11.3 Å². The summed E-state index contributed by atoms with van der Waals surface area (Å²) in [6.45, 7) is 18.3. The maximum atomic E-state index is 15.0. The molecule has 15 nitrogen and oxygen atoms in total. The van der Waals surface area contributed by atoms with Crippen LogP contribution in [-0.4, -0.2) is 131 Å². The number of aliphatic hydroxyl groups is 1. The third-order valence-corrected chi connectivity index (χ3v) is 14.8. The van der Waals surface area contributed by atoms with Crippen molar-refractivity contribution in [2.24, 2.45) is 23.7 Å². The zero-order chi connectivity index (χ0) is 48.8. The highest BCUT2D eigenvalue weighted by atomic mass is 32.1. The Labute approximate surface area is 399 Å². The molecule has 2 aromatic heterocycles. The van der Waals surface area contributed by atoms with Crippen molar-refractivity contribution < 1.29 is 57.4 Å². The number of likely N-dealkylation sites (N-methyl/N-ethyl adjacent to an activating group) is 1. The van der Waals surface area contributed by atoms with E-state index in [1.807, 2.05) is 61.5 Å². The van der Waals surface area contributed by atoms with Crippen LogP contribution in [0.2, 0.25) is 0 Å². The van der Waals surface area contributed by atoms with Gasteiger partial charge in [-0.2, -0.15) is 11.3 Å². The molecule has 0 radical (unpaired) electrons. The number of rotatable bonds is 14. The second-order valence-corrected chi connectivity index (χ2v) is 19.8. The average molecular weight is 948 g/mol. The first kappa shape index (κ1) is 51.5. The molecule has 14 atom stereocenters. The van der Waals surface area contributed by atoms with Crippen LogP contribution in [0.3, 0.4) is 0 Å². The van der Waals surface area contributed by atoms with Crippen LogP contribution in [0.5, 0.6) is 5.75 Å². The molecule has 3 aliphatic heterocycles. The van der Waals surface area contributed by atoms with Crippen LogP contribution in [-0.2, 0) is 49.2 Å². The van der Waals surface area contributed by atoms with Crippen molar-refractivity contribution in [1.82, 2.24) is 14.8 Å². The highest BCUT2D eigenvalue weighted by Gasteiger charge is 2.60. The van der Waals surface area contributed by atoms with Gasteiger partial charge < -0.3 is 48.1 Å². The number of carbonyl (C=O) groups excluding carboxylic acids is 4. The number of Topliss-reactive ketones (excluding diaryl/α,β-unsaturated/α-hetero) is 1. The van der Waals surface area contributed by atoms with Gasteiger partial charge in [0.05, 0.1) is 48.8 Å². The number of ketones is 1. The molecule has 0 bridgehead atoms. The van der Waals surface area contributed by atoms with Gasteiger partial charge in [0.15, 0.2) is 11.9 Å². The minimum atomic E-state index is -1.48. The number of carbonyl (C=O) groups is 4. The molecule has 6 rings (SSSR count). The first-order valence-corrected chi connectivity index (χ1v) is 24.2. The summed E-state index contributed by atoms with van der Waals surface area (Å²) in [5.74, 6) is -4.31. The van der Waals surface area contributed by atoms with Crippen LogP contribution in [0, 0.1) is 23.7 Å². The maximum absolute atomic E-state index is 15.0. The van der Waals surface area contributed by atoms with Crippen molar-refractivity contribution in [3.8, 4) is 16.9 Å². The number of amides is 1. The number of hydrogen-bond acceptors (Lipinski definition) is 15. The molecule has 0 spiro atoms. The normalized spacial score (nSPS) is 34.0. The number of pyridine rings is 1. The SMILES string of the molecule is C=CN(C)[C@H]1C[C@@H](C)OC(O[C@@H]2[C@@H](C)[C@H](OC(=O)Cc3cccnc3)[C@@H](C)C(=O)O[C@H](C)[C@@]3(C)OC(=O)N(CCCOc4cccc(-c5ccsc5)c4)[C@H]3[C@@H](C)C(=O)[C@H](C)C[C@@]2(C)OC)[C@@H]1O. The van der Waals surface area contributed by atoms with E-state index in [2.05, 4.69) is 16.9 Å². The number of methoxy groups -OCH3 is 1. The predicted octanol–water partition coefficient (Wildman–Crippen LogP) is 7.49. The fourth-order valence-electron chi connectivity index (χ4n) is 10.2. The number of ether oxygens (including phenoxy) is 7. The molecule has 366 valence electrons. The number of aliphatic hydroxyl groups excluding tert-OH is 1.